The van der Waals surface area contributed by atoms with Gasteiger partial charge in [-0.1, -0.05) is 30.3 Å². The number of benzene rings is 3. The molecule has 0 aliphatic heterocycles. The molecule has 0 fully saturated rings. The molecule has 0 N–H and O–H groups in total. The molecule has 0 aromatic heterocycles. The molecule has 3 aromatic carbocycles. The third kappa shape index (κ3) is 1.66. The molecule has 0 atom stereocenters. The van der Waals surface area contributed by atoms with Gasteiger partial charge in [-0.25, -0.2) is 0 Å². The lowest BCUT2D eigenvalue weighted by atomic mass is 9.96. The molecule has 0 heteroatoms. The third-order valence-electron chi connectivity index (χ3n) is 3.32. The lowest BCUT2D eigenvalue weighted by Crippen LogP contribution is -1.88. The first kappa shape index (κ1) is 10.2. The Balaban J connectivity index is 2.37. The van der Waals surface area contributed by atoms with Gasteiger partial charge >= 0.3 is 0 Å². The molecule has 0 nitrogen and oxygen atoms in total. The summed E-state index contributed by atoms with van der Waals surface area (Å²) in [5, 5.41) is 5.31. The highest BCUT2D eigenvalue weighted by Gasteiger charge is 2.10. The van der Waals surface area contributed by atoms with Crippen molar-refractivity contribution in [3.63, 3.8) is 0 Å². The van der Waals surface area contributed by atoms with Gasteiger partial charge in [0.05, 0.1) is 6.07 Å². The van der Waals surface area contributed by atoms with Crippen LogP contribution in [0.3, 0.4) is 0 Å². The Kier molecular flexibility index (Phi) is 2.29. The van der Waals surface area contributed by atoms with Gasteiger partial charge in [0.15, 0.2) is 0 Å². The van der Waals surface area contributed by atoms with E-state index in [9.17, 15) is 0 Å². The molecule has 0 aliphatic carbocycles. The van der Waals surface area contributed by atoms with Crippen LogP contribution in [0, 0.1) is 5.92 Å². The topological polar surface area (TPSA) is 0 Å². The number of hydrogen-bond acceptors (Lipinski definition) is 0. The van der Waals surface area contributed by atoms with Crippen LogP contribution in [0.4, 0.5) is 0 Å². The maximum atomic E-state index is 2.27. The highest BCUT2D eigenvalue weighted by atomic mass is 14.1. The van der Waals surface area contributed by atoms with E-state index in [0.29, 0.717) is 0 Å². The lowest BCUT2D eigenvalue weighted by molar-refractivity contribution is 1.15. The Hall–Kier alpha value is -1.95. The fourth-order valence-electron chi connectivity index (χ4n) is 2.32. The average molecular weight is 219 g/mol. The Labute approximate surface area is 102 Å². The van der Waals surface area contributed by atoms with Gasteiger partial charge in [-0.3, -0.25) is 0 Å². The van der Waals surface area contributed by atoms with Crippen LogP contribution in [0.25, 0.3) is 21.5 Å². The Morgan fingerprint density at radius 2 is 1.41 bits per heavy atom. The molecule has 82 valence electrons. The van der Waals surface area contributed by atoms with E-state index in [0.717, 1.165) is 0 Å². The van der Waals surface area contributed by atoms with E-state index in [2.05, 4.69) is 68.4 Å². The van der Waals surface area contributed by atoms with Crippen molar-refractivity contribution in [3.8, 4) is 0 Å². The highest BCUT2D eigenvalue weighted by molar-refractivity contribution is 6.07. The van der Waals surface area contributed by atoms with Crippen molar-refractivity contribution in [2.75, 3.05) is 0 Å². The maximum absolute atomic E-state index is 2.27. The zero-order chi connectivity index (χ0) is 11.8. The first-order valence-corrected chi connectivity index (χ1v) is 5.98. The minimum absolute atomic E-state index is 1.31. The fraction of sp³-hybridized carbons (Fsp3) is 0.118. The van der Waals surface area contributed by atoms with Gasteiger partial charge in [-0.2, -0.15) is 0 Å². The summed E-state index contributed by atoms with van der Waals surface area (Å²) in [6.07, 6.45) is 0. The van der Waals surface area contributed by atoms with Gasteiger partial charge in [0.25, 0.3) is 0 Å². The van der Waals surface area contributed by atoms with Gasteiger partial charge in [0, 0.05) is 42.7 Å². The maximum Gasteiger partial charge on any atom is 0.132 e. The number of rotatable bonds is 1. The molecule has 0 spiro atoms. The summed E-state index contributed by atoms with van der Waals surface area (Å²) in [6, 6.07) is 19.7. The minimum Gasteiger partial charge on any atom is -0.0616 e. The van der Waals surface area contributed by atoms with Gasteiger partial charge in [0.1, 0.15) is 5.56 Å². The van der Waals surface area contributed by atoms with Gasteiger partial charge in [-0.05, 0) is 16.8 Å². The molecular formula is C17H15+. The monoisotopic (exact) mass is 219 g/mol. The van der Waals surface area contributed by atoms with Crippen LogP contribution in [0.1, 0.15) is 19.4 Å². The van der Waals surface area contributed by atoms with Gasteiger partial charge in [-0.15, -0.1) is 0 Å². The summed E-state index contributed by atoms with van der Waals surface area (Å²) in [6.45, 7) is 4.31. The summed E-state index contributed by atoms with van der Waals surface area (Å²) >= 11 is 0. The zero-order valence-corrected chi connectivity index (χ0v) is 10.2. The van der Waals surface area contributed by atoms with Crippen molar-refractivity contribution in [2.24, 2.45) is 0 Å². The van der Waals surface area contributed by atoms with Crippen LogP contribution in [-0.4, -0.2) is 0 Å². The molecule has 17 heavy (non-hydrogen) atoms. The Morgan fingerprint density at radius 1 is 0.706 bits per heavy atom. The van der Waals surface area contributed by atoms with Crippen molar-refractivity contribution in [2.45, 2.75) is 13.8 Å². The smallest absolute Gasteiger partial charge is 0.0616 e. The quantitative estimate of drug-likeness (QED) is 0.401. The fourth-order valence-corrected chi connectivity index (χ4v) is 2.32. The Bertz CT molecular complexity index is 678. The summed E-state index contributed by atoms with van der Waals surface area (Å²) in [4.78, 5) is 0. The van der Waals surface area contributed by atoms with Gasteiger partial charge in [0.2, 0.25) is 0 Å². The summed E-state index contributed by atoms with van der Waals surface area (Å²) < 4.78 is 0. The molecular weight excluding hydrogens is 204 g/mol. The summed E-state index contributed by atoms with van der Waals surface area (Å²) in [7, 11) is 0. The second-order valence-electron chi connectivity index (χ2n) is 4.72. The first-order chi connectivity index (χ1) is 8.25. The van der Waals surface area contributed by atoms with Crippen LogP contribution in [0.5, 0.6) is 0 Å². The molecule has 0 saturated heterocycles. The van der Waals surface area contributed by atoms with E-state index in [1.54, 1.807) is 0 Å². The number of fused-ring (bicyclic) bond motifs is 3. The van der Waals surface area contributed by atoms with E-state index in [1.165, 1.54) is 33.0 Å². The average Bonchev–Trinajstić information content (AvgIpc) is 2.38. The molecule has 3 aromatic rings. The lowest BCUT2D eigenvalue weighted by Gasteiger charge is -2.03. The van der Waals surface area contributed by atoms with Crippen molar-refractivity contribution in [3.05, 3.63) is 66.1 Å². The molecule has 3 rings (SSSR count). The molecule has 0 saturated carbocycles. The first-order valence-electron chi connectivity index (χ1n) is 5.98. The van der Waals surface area contributed by atoms with Crippen molar-refractivity contribution in [1.29, 1.82) is 0 Å². The molecule has 0 radical (unpaired) electrons. The standard InChI is InChI=1S/C17H15/c1-12(2)14-9-10-17-15(11-14)8-7-13-5-3-4-6-16(13)17/h3-11H,1-2H3/q+1. The van der Waals surface area contributed by atoms with Crippen LogP contribution in [0.2, 0.25) is 0 Å². The summed E-state index contributed by atoms with van der Waals surface area (Å²) in [5.74, 6) is 1.36. The van der Waals surface area contributed by atoms with Crippen molar-refractivity contribution >= 4 is 21.5 Å². The van der Waals surface area contributed by atoms with E-state index >= 15 is 0 Å². The van der Waals surface area contributed by atoms with Crippen LogP contribution >= 0.6 is 0 Å². The highest BCUT2D eigenvalue weighted by Crippen LogP contribution is 2.27. The summed E-state index contributed by atoms with van der Waals surface area (Å²) in [5.41, 5.74) is 1.33. The molecule has 0 unspecified atom stereocenters. The van der Waals surface area contributed by atoms with Crippen LogP contribution in [-0.2, 0) is 0 Å². The molecule has 0 heterocycles. The normalized spacial score (nSPS) is 10.9. The van der Waals surface area contributed by atoms with E-state index < -0.39 is 0 Å². The van der Waals surface area contributed by atoms with E-state index in [4.69, 9.17) is 0 Å². The predicted molar refractivity (Wildman–Crippen MR) is 75.1 cm³/mol. The molecule has 0 bridgehead atoms. The van der Waals surface area contributed by atoms with Crippen LogP contribution < -0.4 is 0 Å². The zero-order valence-electron chi connectivity index (χ0n) is 10.2. The largest absolute Gasteiger partial charge is 0.132 e. The van der Waals surface area contributed by atoms with E-state index in [-0.39, 0.29) is 0 Å². The SMILES string of the molecule is C[C+](C)c1ccc2c(ccc3ccccc32)c1. The molecule has 0 amide bonds. The van der Waals surface area contributed by atoms with E-state index in [1.807, 2.05) is 0 Å². The second-order valence-corrected chi connectivity index (χ2v) is 4.72. The minimum atomic E-state index is 1.31. The number of hydrogen-bond donors (Lipinski definition) is 0. The van der Waals surface area contributed by atoms with Gasteiger partial charge < -0.3 is 0 Å². The van der Waals surface area contributed by atoms with Crippen molar-refractivity contribution in [1.82, 2.24) is 0 Å². The van der Waals surface area contributed by atoms with Crippen LogP contribution in [0.15, 0.2) is 54.6 Å². The Morgan fingerprint density at radius 3 is 2.24 bits per heavy atom. The van der Waals surface area contributed by atoms with Crippen molar-refractivity contribution < 1.29 is 0 Å². The predicted octanol–water partition coefficient (Wildman–Crippen LogP) is 4.96. The third-order valence-corrected chi connectivity index (χ3v) is 3.32. The second kappa shape index (κ2) is 3.81. The molecule has 0 aliphatic rings.